The third-order valence-electron chi connectivity index (χ3n) is 4.47. The quantitative estimate of drug-likeness (QED) is 0.743. The highest BCUT2D eigenvalue weighted by Crippen LogP contribution is 2.26. The van der Waals surface area contributed by atoms with E-state index in [1.165, 1.54) is 18.2 Å². The third-order valence-corrected chi connectivity index (χ3v) is 6.33. The molecular formula is C20H23ClN2O4S. The minimum absolute atomic E-state index is 0.00526. The van der Waals surface area contributed by atoms with E-state index in [0.717, 1.165) is 24.0 Å². The van der Waals surface area contributed by atoms with Crippen molar-refractivity contribution in [2.75, 3.05) is 17.9 Å². The molecule has 0 bridgehead atoms. The number of carbonyl (C=O) groups is 1. The number of nitrogens with one attached hydrogen (secondary N) is 2. The number of hydrogen-bond donors (Lipinski definition) is 2. The van der Waals surface area contributed by atoms with Gasteiger partial charge in [0.2, 0.25) is 0 Å². The van der Waals surface area contributed by atoms with Crippen molar-refractivity contribution in [1.82, 2.24) is 5.32 Å². The molecule has 28 heavy (non-hydrogen) atoms. The summed E-state index contributed by atoms with van der Waals surface area (Å²) >= 11 is 6.12. The van der Waals surface area contributed by atoms with Crippen LogP contribution in [0, 0.1) is 13.8 Å². The first-order valence-corrected chi connectivity index (χ1v) is 10.9. The average Bonchev–Trinajstić information content (AvgIpc) is 3.12. The summed E-state index contributed by atoms with van der Waals surface area (Å²) in [6.45, 7) is 4.87. The average molecular weight is 423 g/mol. The van der Waals surface area contributed by atoms with Crippen molar-refractivity contribution in [3.05, 3.63) is 58.1 Å². The SMILES string of the molecule is Cc1cc(C)cc(NS(=O)(=O)c2cc(C(=O)NC[C@H]3CCCO3)ccc2Cl)c1. The molecule has 8 heteroatoms. The fourth-order valence-electron chi connectivity index (χ4n) is 3.21. The van der Waals surface area contributed by atoms with Crippen molar-refractivity contribution in [3.63, 3.8) is 0 Å². The first-order chi connectivity index (χ1) is 13.2. The summed E-state index contributed by atoms with van der Waals surface area (Å²) in [4.78, 5) is 12.3. The smallest absolute Gasteiger partial charge is 0.263 e. The molecule has 150 valence electrons. The molecule has 0 saturated carbocycles. The maximum absolute atomic E-state index is 12.8. The van der Waals surface area contributed by atoms with Gasteiger partial charge in [0.1, 0.15) is 4.90 Å². The van der Waals surface area contributed by atoms with Crippen LogP contribution in [0.3, 0.4) is 0 Å². The van der Waals surface area contributed by atoms with Crippen molar-refractivity contribution >= 4 is 33.2 Å². The Morgan fingerprint density at radius 1 is 1.18 bits per heavy atom. The van der Waals surface area contributed by atoms with Crippen LogP contribution in [-0.4, -0.2) is 33.6 Å². The highest BCUT2D eigenvalue weighted by Gasteiger charge is 2.22. The summed E-state index contributed by atoms with van der Waals surface area (Å²) in [7, 11) is -3.95. The maximum atomic E-state index is 12.8. The standard InChI is InChI=1S/C20H23ClN2O4S/c1-13-8-14(2)10-16(9-13)23-28(25,26)19-11-15(5-6-18(19)21)20(24)22-12-17-4-3-7-27-17/h5-6,8-11,17,23H,3-4,7,12H2,1-2H3,(H,22,24)/t17-/m1/s1. The lowest BCUT2D eigenvalue weighted by Gasteiger charge is -2.13. The molecule has 0 spiro atoms. The molecule has 2 N–H and O–H groups in total. The van der Waals surface area contributed by atoms with E-state index in [1.54, 1.807) is 12.1 Å². The highest BCUT2D eigenvalue weighted by molar-refractivity contribution is 7.92. The van der Waals surface area contributed by atoms with E-state index in [4.69, 9.17) is 16.3 Å². The second-order valence-corrected chi connectivity index (χ2v) is 9.03. The summed E-state index contributed by atoms with van der Waals surface area (Å²) in [5, 5.41) is 2.83. The van der Waals surface area contributed by atoms with E-state index >= 15 is 0 Å². The topological polar surface area (TPSA) is 84.5 Å². The molecule has 2 aromatic rings. The molecule has 1 aliphatic heterocycles. The van der Waals surface area contributed by atoms with Crippen molar-refractivity contribution in [2.45, 2.75) is 37.7 Å². The Morgan fingerprint density at radius 3 is 2.54 bits per heavy atom. The van der Waals surface area contributed by atoms with Gasteiger partial charge in [-0.3, -0.25) is 9.52 Å². The Bertz CT molecular complexity index is 965. The van der Waals surface area contributed by atoms with Gasteiger partial charge in [0, 0.05) is 24.4 Å². The van der Waals surface area contributed by atoms with Gasteiger partial charge in [-0.2, -0.15) is 0 Å². The number of hydrogen-bond acceptors (Lipinski definition) is 4. The summed E-state index contributed by atoms with van der Waals surface area (Å²) in [5.74, 6) is -0.366. The fraction of sp³-hybridized carbons (Fsp3) is 0.350. The van der Waals surface area contributed by atoms with Crippen LogP contribution in [0.15, 0.2) is 41.3 Å². The normalized spacial score (nSPS) is 16.8. The number of benzene rings is 2. The van der Waals surface area contributed by atoms with Gasteiger partial charge in [-0.15, -0.1) is 0 Å². The van der Waals surface area contributed by atoms with Gasteiger partial charge in [0.15, 0.2) is 0 Å². The van der Waals surface area contributed by atoms with Gasteiger partial charge in [-0.05, 0) is 68.1 Å². The molecule has 6 nitrogen and oxygen atoms in total. The summed E-state index contributed by atoms with van der Waals surface area (Å²) in [6, 6.07) is 9.62. The molecule has 0 aromatic heterocycles. The van der Waals surface area contributed by atoms with Crippen LogP contribution in [0.4, 0.5) is 5.69 Å². The molecule has 1 amide bonds. The fourth-order valence-corrected chi connectivity index (χ4v) is 4.78. The van der Waals surface area contributed by atoms with E-state index in [0.29, 0.717) is 18.8 Å². The molecular weight excluding hydrogens is 400 g/mol. The highest BCUT2D eigenvalue weighted by atomic mass is 35.5. The number of carbonyl (C=O) groups excluding carboxylic acids is 1. The van der Waals surface area contributed by atoms with Crippen LogP contribution in [0.2, 0.25) is 5.02 Å². The van der Waals surface area contributed by atoms with E-state index in [-0.39, 0.29) is 27.5 Å². The van der Waals surface area contributed by atoms with E-state index < -0.39 is 10.0 Å². The van der Waals surface area contributed by atoms with Crippen molar-refractivity contribution < 1.29 is 17.9 Å². The Balaban J connectivity index is 1.80. The van der Waals surface area contributed by atoms with Crippen molar-refractivity contribution in [1.29, 1.82) is 0 Å². The zero-order valence-electron chi connectivity index (χ0n) is 15.8. The Kier molecular flexibility index (Phi) is 6.27. The monoisotopic (exact) mass is 422 g/mol. The minimum Gasteiger partial charge on any atom is -0.376 e. The lowest BCUT2D eigenvalue weighted by Crippen LogP contribution is -2.31. The summed E-state index contributed by atoms with van der Waals surface area (Å²) in [6.07, 6.45) is 1.89. The molecule has 0 unspecified atom stereocenters. The lowest BCUT2D eigenvalue weighted by molar-refractivity contribution is 0.0857. The van der Waals surface area contributed by atoms with Gasteiger partial charge in [-0.25, -0.2) is 8.42 Å². The largest absolute Gasteiger partial charge is 0.376 e. The zero-order chi connectivity index (χ0) is 20.3. The van der Waals surface area contributed by atoms with Crippen LogP contribution >= 0.6 is 11.6 Å². The number of amides is 1. The lowest BCUT2D eigenvalue weighted by atomic mass is 10.1. The number of ether oxygens (including phenoxy) is 1. The predicted octanol–water partition coefficient (Wildman–Crippen LogP) is 3.67. The van der Waals surface area contributed by atoms with Crippen LogP contribution in [0.5, 0.6) is 0 Å². The minimum atomic E-state index is -3.95. The zero-order valence-corrected chi connectivity index (χ0v) is 17.4. The van der Waals surface area contributed by atoms with Gasteiger partial charge < -0.3 is 10.1 Å². The molecule has 0 radical (unpaired) electrons. The predicted molar refractivity (Wildman–Crippen MR) is 109 cm³/mol. The first-order valence-electron chi connectivity index (χ1n) is 9.05. The summed E-state index contributed by atoms with van der Waals surface area (Å²) < 4.78 is 33.7. The number of anilines is 1. The first kappa shape index (κ1) is 20.6. The molecule has 1 saturated heterocycles. The second kappa shape index (κ2) is 8.51. The van der Waals surface area contributed by atoms with Crippen LogP contribution in [0.25, 0.3) is 0 Å². The van der Waals surface area contributed by atoms with Crippen molar-refractivity contribution in [3.8, 4) is 0 Å². The van der Waals surface area contributed by atoms with Crippen LogP contribution in [0.1, 0.15) is 34.3 Å². The third kappa shape index (κ3) is 5.04. The molecule has 2 aromatic carbocycles. The van der Waals surface area contributed by atoms with Crippen LogP contribution in [-0.2, 0) is 14.8 Å². The Morgan fingerprint density at radius 2 is 1.89 bits per heavy atom. The number of aryl methyl sites for hydroxylation is 2. The van der Waals surface area contributed by atoms with Crippen LogP contribution < -0.4 is 10.0 Å². The molecule has 1 atom stereocenters. The molecule has 0 aliphatic carbocycles. The Hall–Kier alpha value is -2.09. The Labute approximate surface area is 170 Å². The molecule has 3 rings (SSSR count). The molecule has 1 fully saturated rings. The van der Waals surface area contributed by atoms with E-state index in [2.05, 4.69) is 10.0 Å². The molecule has 1 heterocycles. The van der Waals surface area contributed by atoms with Gasteiger partial charge in [0.05, 0.1) is 11.1 Å². The van der Waals surface area contributed by atoms with Gasteiger partial charge in [-0.1, -0.05) is 17.7 Å². The second-order valence-electron chi connectivity index (χ2n) is 6.97. The molecule has 1 aliphatic rings. The van der Waals surface area contributed by atoms with Gasteiger partial charge >= 0.3 is 0 Å². The number of sulfonamides is 1. The summed E-state index contributed by atoms with van der Waals surface area (Å²) in [5.41, 5.74) is 2.54. The number of halogens is 1. The van der Waals surface area contributed by atoms with Crippen molar-refractivity contribution in [2.24, 2.45) is 0 Å². The number of rotatable bonds is 6. The van der Waals surface area contributed by atoms with Gasteiger partial charge in [0.25, 0.3) is 15.9 Å². The maximum Gasteiger partial charge on any atom is 0.263 e. The van der Waals surface area contributed by atoms with E-state index in [1.807, 2.05) is 19.9 Å². The van der Waals surface area contributed by atoms with E-state index in [9.17, 15) is 13.2 Å².